The van der Waals surface area contributed by atoms with Crippen LogP contribution in [0, 0.1) is 13.8 Å². The molecule has 0 unspecified atom stereocenters. The Balaban J connectivity index is 1.72. The number of hydrogen-bond donors (Lipinski definition) is 0. The molecule has 0 saturated carbocycles. The Kier molecular flexibility index (Phi) is 6.02. The van der Waals surface area contributed by atoms with Gasteiger partial charge in [-0.15, -0.1) is 0 Å². The molecule has 1 nitrogen and oxygen atoms in total. The molecule has 4 aromatic rings. The Morgan fingerprint density at radius 3 is 1.67 bits per heavy atom. The van der Waals surface area contributed by atoms with Crippen LogP contribution in [-0.4, -0.2) is 0 Å². The summed E-state index contributed by atoms with van der Waals surface area (Å²) in [7, 11) is 0. The quantitative estimate of drug-likeness (QED) is 0.298. The minimum atomic E-state index is 0.726. The molecule has 2 heteroatoms. The average molecular weight is 410 g/mol. The summed E-state index contributed by atoms with van der Waals surface area (Å²) in [5, 5.41) is 0.726. The first kappa shape index (κ1) is 20.0. The standard InChI is InChI=1S/C28H24ClN/c1-21-8-15-25(16-9-21)30(26-17-10-22(2)11-18-26)27-19-14-24(28(29)20-27)13-12-23-6-4-3-5-7-23/h3-20H,1-2H3. The molecule has 0 aliphatic rings. The van der Waals surface area contributed by atoms with Crippen LogP contribution in [-0.2, 0) is 0 Å². The molecule has 0 amide bonds. The zero-order valence-corrected chi connectivity index (χ0v) is 18.0. The molecule has 4 aromatic carbocycles. The largest absolute Gasteiger partial charge is 0.310 e. The van der Waals surface area contributed by atoms with Crippen LogP contribution in [0.2, 0.25) is 5.02 Å². The van der Waals surface area contributed by atoms with Crippen molar-refractivity contribution in [3.05, 3.63) is 124 Å². The zero-order valence-electron chi connectivity index (χ0n) is 17.2. The third-order valence-electron chi connectivity index (χ3n) is 5.08. The molecule has 0 aromatic heterocycles. The van der Waals surface area contributed by atoms with E-state index >= 15 is 0 Å². The van der Waals surface area contributed by atoms with Crippen LogP contribution in [0.3, 0.4) is 0 Å². The highest BCUT2D eigenvalue weighted by Crippen LogP contribution is 2.37. The van der Waals surface area contributed by atoms with Gasteiger partial charge in [0.2, 0.25) is 0 Å². The second kappa shape index (κ2) is 9.02. The van der Waals surface area contributed by atoms with Gasteiger partial charge in [0, 0.05) is 22.1 Å². The number of aryl methyl sites for hydroxylation is 2. The Morgan fingerprint density at radius 2 is 1.13 bits per heavy atom. The molecule has 0 atom stereocenters. The first-order valence-corrected chi connectivity index (χ1v) is 10.4. The maximum Gasteiger partial charge on any atom is 0.0499 e. The summed E-state index contributed by atoms with van der Waals surface area (Å²) in [6.45, 7) is 4.20. The maximum absolute atomic E-state index is 6.69. The maximum atomic E-state index is 6.69. The van der Waals surface area contributed by atoms with Gasteiger partial charge in [0.1, 0.15) is 0 Å². The fraction of sp³-hybridized carbons (Fsp3) is 0.0714. The van der Waals surface area contributed by atoms with Gasteiger partial charge in [0.05, 0.1) is 0 Å². The number of hydrogen-bond acceptors (Lipinski definition) is 1. The average Bonchev–Trinajstić information content (AvgIpc) is 2.77. The van der Waals surface area contributed by atoms with Gasteiger partial charge in [0.25, 0.3) is 0 Å². The van der Waals surface area contributed by atoms with Gasteiger partial charge in [0.15, 0.2) is 0 Å². The van der Waals surface area contributed by atoms with Gasteiger partial charge >= 0.3 is 0 Å². The van der Waals surface area contributed by atoms with E-state index in [9.17, 15) is 0 Å². The van der Waals surface area contributed by atoms with Crippen molar-refractivity contribution in [3.8, 4) is 0 Å². The van der Waals surface area contributed by atoms with Crippen molar-refractivity contribution >= 4 is 40.8 Å². The fourth-order valence-corrected chi connectivity index (χ4v) is 3.61. The van der Waals surface area contributed by atoms with Gasteiger partial charge in [-0.3, -0.25) is 0 Å². The first-order valence-electron chi connectivity index (χ1n) is 10.1. The third kappa shape index (κ3) is 4.64. The Morgan fingerprint density at radius 1 is 0.600 bits per heavy atom. The summed E-state index contributed by atoms with van der Waals surface area (Å²) in [6.07, 6.45) is 4.14. The molecule has 4 rings (SSSR count). The van der Waals surface area contributed by atoms with E-state index in [-0.39, 0.29) is 0 Å². The molecular formula is C28H24ClN. The summed E-state index contributed by atoms with van der Waals surface area (Å²) in [5.41, 5.74) is 7.87. The lowest BCUT2D eigenvalue weighted by atomic mass is 10.1. The molecule has 0 heterocycles. The van der Waals surface area contributed by atoms with Crippen molar-refractivity contribution in [2.24, 2.45) is 0 Å². The Bertz CT molecular complexity index is 1100. The summed E-state index contributed by atoms with van der Waals surface area (Å²) in [4.78, 5) is 2.23. The van der Waals surface area contributed by atoms with Crippen molar-refractivity contribution in [1.29, 1.82) is 0 Å². The lowest BCUT2D eigenvalue weighted by molar-refractivity contribution is 1.27. The minimum Gasteiger partial charge on any atom is -0.310 e. The predicted octanol–water partition coefficient (Wildman–Crippen LogP) is 8.60. The molecule has 148 valence electrons. The SMILES string of the molecule is Cc1ccc(N(c2ccc(C)cc2)c2ccc(C=Cc3ccccc3)c(Cl)c2)cc1. The molecule has 0 N–H and O–H groups in total. The minimum absolute atomic E-state index is 0.726. The first-order chi connectivity index (χ1) is 14.6. The van der Waals surface area contributed by atoms with Crippen molar-refractivity contribution in [2.45, 2.75) is 13.8 Å². The van der Waals surface area contributed by atoms with Gasteiger partial charge in [-0.25, -0.2) is 0 Å². The number of benzene rings is 4. The van der Waals surface area contributed by atoms with E-state index in [0.717, 1.165) is 33.2 Å². The van der Waals surface area contributed by atoms with E-state index in [1.54, 1.807) is 0 Å². The summed E-state index contributed by atoms with van der Waals surface area (Å²) in [6, 6.07) is 33.6. The van der Waals surface area contributed by atoms with Gasteiger partial charge in [-0.2, -0.15) is 0 Å². The molecule has 0 fully saturated rings. The fourth-order valence-electron chi connectivity index (χ4n) is 3.38. The van der Waals surface area contributed by atoms with Crippen molar-refractivity contribution in [3.63, 3.8) is 0 Å². The van der Waals surface area contributed by atoms with Crippen LogP contribution in [0.25, 0.3) is 12.2 Å². The molecule has 0 bridgehead atoms. The second-order valence-corrected chi connectivity index (χ2v) is 7.86. The Labute approximate surface area is 183 Å². The summed E-state index contributed by atoms with van der Waals surface area (Å²) >= 11 is 6.69. The molecule has 0 aliphatic carbocycles. The van der Waals surface area contributed by atoms with E-state index in [4.69, 9.17) is 11.6 Å². The Hall–Kier alpha value is -3.29. The molecule has 0 aliphatic heterocycles. The lowest BCUT2D eigenvalue weighted by Crippen LogP contribution is -2.10. The van der Waals surface area contributed by atoms with Gasteiger partial charge in [-0.1, -0.05) is 95.5 Å². The zero-order chi connectivity index (χ0) is 20.9. The number of halogens is 1. The van der Waals surface area contributed by atoms with Crippen LogP contribution in [0.1, 0.15) is 22.3 Å². The van der Waals surface area contributed by atoms with E-state index < -0.39 is 0 Å². The summed E-state index contributed by atoms with van der Waals surface area (Å²) < 4.78 is 0. The highest BCUT2D eigenvalue weighted by atomic mass is 35.5. The third-order valence-corrected chi connectivity index (χ3v) is 5.41. The highest BCUT2D eigenvalue weighted by Gasteiger charge is 2.13. The molecule has 0 spiro atoms. The van der Waals surface area contributed by atoms with Crippen molar-refractivity contribution < 1.29 is 0 Å². The number of rotatable bonds is 5. The molecular weight excluding hydrogens is 386 g/mol. The van der Waals surface area contributed by atoms with E-state index in [0.29, 0.717) is 0 Å². The van der Waals surface area contributed by atoms with Crippen molar-refractivity contribution in [1.82, 2.24) is 0 Å². The molecule has 30 heavy (non-hydrogen) atoms. The van der Waals surface area contributed by atoms with Gasteiger partial charge < -0.3 is 4.90 Å². The lowest BCUT2D eigenvalue weighted by Gasteiger charge is -2.26. The highest BCUT2D eigenvalue weighted by molar-refractivity contribution is 6.32. The van der Waals surface area contributed by atoms with E-state index in [1.807, 2.05) is 24.3 Å². The number of nitrogens with zero attached hydrogens (tertiary/aromatic N) is 1. The summed E-state index contributed by atoms with van der Waals surface area (Å²) in [5.74, 6) is 0. The van der Waals surface area contributed by atoms with Crippen LogP contribution < -0.4 is 4.90 Å². The normalized spacial score (nSPS) is 11.0. The smallest absolute Gasteiger partial charge is 0.0499 e. The monoisotopic (exact) mass is 409 g/mol. The van der Waals surface area contributed by atoms with Crippen LogP contribution in [0.4, 0.5) is 17.1 Å². The second-order valence-electron chi connectivity index (χ2n) is 7.46. The molecule has 0 radical (unpaired) electrons. The van der Waals surface area contributed by atoms with Crippen LogP contribution in [0.5, 0.6) is 0 Å². The van der Waals surface area contributed by atoms with Crippen molar-refractivity contribution in [2.75, 3.05) is 4.90 Å². The topological polar surface area (TPSA) is 3.24 Å². The van der Waals surface area contributed by atoms with Gasteiger partial charge in [-0.05, 0) is 61.4 Å². The molecule has 0 saturated heterocycles. The number of anilines is 3. The van der Waals surface area contributed by atoms with E-state index in [1.165, 1.54) is 11.1 Å². The van der Waals surface area contributed by atoms with Crippen LogP contribution in [0.15, 0.2) is 97.1 Å². The predicted molar refractivity (Wildman–Crippen MR) is 131 cm³/mol. The van der Waals surface area contributed by atoms with E-state index in [2.05, 4.69) is 104 Å². The van der Waals surface area contributed by atoms with Crippen LogP contribution >= 0.6 is 11.6 Å².